The van der Waals surface area contributed by atoms with Gasteiger partial charge in [-0.1, -0.05) is 72.8 Å². The van der Waals surface area contributed by atoms with Gasteiger partial charge in [-0.2, -0.15) is 0 Å². The maximum Gasteiger partial charge on any atom is 0.220 e. The van der Waals surface area contributed by atoms with E-state index in [1.54, 1.807) is 24.4 Å². The van der Waals surface area contributed by atoms with E-state index in [1.807, 2.05) is 91.0 Å². The first-order chi connectivity index (χ1) is 17.0. The van der Waals surface area contributed by atoms with Crippen molar-refractivity contribution in [3.8, 4) is 45.3 Å². The zero-order valence-corrected chi connectivity index (χ0v) is 17.3. The minimum absolute atomic E-state index is 0.251. The molecule has 0 amide bonds. The van der Waals surface area contributed by atoms with Crippen LogP contribution in [0.15, 0.2) is 115 Å². The maximum absolute atomic E-state index is 7.99. The third-order valence-electron chi connectivity index (χ3n) is 5.13. The van der Waals surface area contributed by atoms with Crippen LogP contribution in [0.1, 0.15) is 9.68 Å². The van der Waals surface area contributed by atoms with Crippen LogP contribution in [0.3, 0.4) is 0 Å². The van der Waals surface area contributed by atoms with E-state index in [9.17, 15) is 0 Å². The van der Waals surface area contributed by atoms with Gasteiger partial charge in [0, 0.05) is 27.5 Å². The number of hydrogen-bond acceptors (Lipinski definition) is 3. The lowest BCUT2D eigenvalue weighted by Crippen LogP contribution is -1.94. The van der Waals surface area contributed by atoms with Gasteiger partial charge in [0.15, 0.2) is 0 Å². The Hall–Kier alpha value is -4.24. The largest absolute Gasteiger partial charge is 0.439 e. The summed E-state index contributed by atoms with van der Waals surface area (Å²) in [4.78, 5) is 9.13. The van der Waals surface area contributed by atoms with Gasteiger partial charge in [0.2, 0.25) is 5.88 Å². The summed E-state index contributed by atoms with van der Waals surface area (Å²) in [7, 11) is 0. The Balaban J connectivity index is 1.60. The van der Waals surface area contributed by atoms with Gasteiger partial charge in [-0.3, -0.25) is 4.98 Å². The van der Waals surface area contributed by atoms with Crippen LogP contribution in [-0.2, 0) is 0 Å². The number of nitrogens with zero attached hydrogens (tertiary/aromatic N) is 2. The lowest BCUT2D eigenvalue weighted by molar-refractivity contribution is 0.464. The number of pyridine rings is 2. The molecule has 0 aliphatic rings. The fourth-order valence-corrected chi connectivity index (χ4v) is 3.57. The molecule has 0 N–H and O–H groups in total. The Kier molecular flexibility index (Phi) is 4.56. The maximum atomic E-state index is 7.99. The molecule has 0 aliphatic carbocycles. The molecule has 0 aliphatic heterocycles. The summed E-state index contributed by atoms with van der Waals surface area (Å²) in [5, 5.41) is 0. The monoisotopic (exact) mass is 417 g/mol. The third kappa shape index (κ3) is 4.28. The highest BCUT2D eigenvalue weighted by molar-refractivity contribution is 5.73. The first-order valence-corrected chi connectivity index (χ1v) is 10.3. The highest BCUT2D eigenvalue weighted by atomic mass is 16.5. The van der Waals surface area contributed by atoms with Crippen LogP contribution in [0.25, 0.3) is 33.6 Å². The van der Waals surface area contributed by atoms with Crippen molar-refractivity contribution in [2.45, 2.75) is 6.85 Å². The number of aryl methyl sites for hydroxylation is 1. The molecule has 5 aromatic rings. The molecule has 0 atom stereocenters. The molecular weight excluding hydrogens is 392 g/mol. The van der Waals surface area contributed by atoms with Gasteiger partial charge < -0.3 is 4.74 Å². The van der Waals surface area contributed by atoms with Gasteiger partial charge in [0.05, 0.1) is 11.4 Å². The van der Waals surface area contributed by atoms with Gasteiger partial charge in [-0.25, -0.2) is 4.98 Å². The predicted molar refractivity (Wildman–Crippen MR) is 130 cm³/mol. The lowest BCUT2D eigenvalue weighted by atomic mass is 10.0. The van der Waals surface area contributed by atoms with Crippen LogP contribution >= 0.6 is 0 Å². The fraction of sp³-hybridized carbons (Fsp3) is 0.0345. The van der Waals surface area contributed by atoms with Crippen molar-refractivity contribution in [1.29, 1.82) is 0 Å². The van der Waals surface area contributed by atoms with Crippen molar-refractivity contribution in [1.82, 2.24) is 9.97 Å². The van der Waals surface area contributed by atoms with E-state index in [-0.39, 0.29) is 5.56 Å². The van der Waals surface area contributed by atoms with Crippen LogP contribution in [0.4, 0.5) is 0 Å². The Morgan fingerprint density at radius 2 is 1.47 bits per heavy atom. The summed E-state index contributed by atoms with van der Waals surface area (Å²) in [6, 6.07) is 34.0. The van der Waals surface area contributed by atoms with Crippen LogP contribution in [0.5, 0.6) is 11.6 Å². The van der Waals surface area contributed by atoms with Gasteiger partial charge in [-0.05, 0) is 53.9 Å². The van der Waals surface area contributed by atoms with Crippen molar-refractivity contribution >= 4 is 0 Å². The molecule has 3 aromatic carbocycles. The molecule has 0 saturated heterocycles. The Morgan fingerprint density at radius 1 is 0.656 bits per heavy atom. The van der Waals surface area contributed by atoms with Crippen LogP contribution in [0, 0.1) is 6.85 Å². The zero-order valence-electron chi connectivity index (χ0n) is 20.3. The molecular formula is C29H22N2O. The van der Waals surface area contributed by atoms with Crippen molar-refractivity contribution in [2.24, 2.45) is 0 Å². The van der Waals surface area contributed by atoms with Crippen molar-refractivity contribution in [3.63, 3.8) is 0 Å². The molecule has 0 bridgehead atoms. The first-order valence-electron chi connectivity index (χ1n) is 11.8. The number of benzene rings is 3. The summed E-state index contributed by atoms with van der Waals surface area (Å²) in [5.41, 5.74) is 4.97. The SMILES string of the molecule is [2H]C([2H])([2H])c1ccccc1-c1cc(-c2ccccc2)cc(Oc2cccc(-c3ccccn3)c2)n1. The second-order valence-electron chi connectivity index (χ2n) is 7.34. The van der Waals surface area contributed by atoms with E-state index < -0.39 is 6.85 Å². The van der Waals surface area contributed by atoms with Crippen molar-refractivity contribution in [3.05, 3.63) is 121 Å². The Morgan fingerprint density at radius 3 is 2.31 bits per heavy atom. The summed E-state index contributed by atoms with van der Waals surface area (Å²) in [5.74, 6) is 0.987. The van der Waals surface area contributed by atoms with E-state index in [0.717, 1.165) is 22.4 Å². The Bertz CT molecular complexity index is 1450. The van der Waals surface area contributed by atoms with Crippen molar-refractivity contribution < 1.29 is 8.85 Å². The minimum Gasteiger partial charge on any atom is -0.439 e. The standard InChI is InChI=1S/C29H22N2O/c1-21-10-5-6-15-26(21)28-19-24(22-11-3-2-4-12-22)20-29(31-28)32-25-14-9-13-23(18-25)27-16-7-8-17-30-27/h2-20H,1H3/i1D3. The van der Waals surface area contributed by atoms with E-state index >= 15 is 0 Å². The molecule has 0 radical (unpaired) electrons. The van der Waals surface area contributed by atoms with Gasteiger partial charge in [-0.15, -0.1) is 0 Å². The van der Waals surface area contributed by atoms with E-state index in [1.165, 1.54) is 0 Å². The first kappa shape index (κ1) is 16.5. The lowest BCUT2D eigenvalue weighted by Gasteiger charge is -2.12. The molecule has 0 saturated carbocycles. The molecule has 2 aromatic heterocycles. The predicted octanol–water partition coefficient (Wildman–Crippen LogP) is 7.58. The normalized spacial score (nSPS) is 12.4. The van der Waals surface area contributed by atoms with Crippen molar-refractivity contribution in [2.75, 3.05) is 0 Å². The molecule has 32 heavy (non-hydrogen) atoms. The quantitative estimate of drug-likeness (QED) is 0.296. The molecule has 5 rings (SSSR count). The van der Waals surface area contributed by atoms with E-state index in [4.69, 9.17) is 13.8 Å². The zero-order chi connectivity index (χ0) is 24.3. The second-order valence-corrected chi connectivity index (χ2v) is 7.34. The summed E-state index contributed by atoms with van der Waals surface area (Å²) >= 11 is 0. The molecule has 2 heterocycles. The third-order valence-corrected chi connectivity index (χ3v) is 5.13. The molecule has 0 unspecified atom stereocenters. The second kappa shape index (κ2) is 8.86. The number of ether oxygens (including phenoxy) is 1. The topological polar surface area (TPSA) is 35.0 Å². The van der Waals surface area contributed by atoms with Gasteiger partial charge in [0.25, 0.3) is 0 Å². The molecule has 0 spiro atoms. The van der Waals surface area contributed by atoms with E-state index in [2.05, 4.69) is 4.98 Å². The van der Waals surface area contributed by atoms with Crippen LogP contribution in [0.2, 0.25) is 0 Å². The molecule has 3 heteroatoms. The average Bonchev–Trinajstić information content (AvgIpc) is 2.89. The summed E-state index contributed by atoms with van der Waals surface area (Å²) in [6.07, 6.45) is 1.75. The number of rotatable bonds is 5. The molecule has 154 valence electrons. The highest BCUT2D eigenvalue weighted by Crippen LogP contribution is 2.33. The smallest absolute Gasteiger partial charge is 0.220 e. The molecule has 3 nitrogen and oxygen atoms in total. The molecule has 0 fully saturated rings. The number of aromatic nitrogens is 2. The fourth-order valence-electron chi connectivity index (χ4n) is 3.57. The minimum atomic E-state index is -2.26. The van der Waals surface area contributed by atoms with Gasteiger partial charge in [0.1, 0.15) is 5.75 Å². The Labute approximate surface area is 192 Å². The summed E-state index contributed by atoms with van der Waals surface area (Å²) in [6.45, 7) is -2.26. The summed E-state index contributed by atoms with van der Waals surface area (Å²) < 4.78 is 30.2. The van der Waals surface area contributed by atoms with Gasteiger partial charge >= 0.3 is 0 Å². The highest BCUT2D eigenvalue weighted by Gasteiger charge is 2.11. The average molecular weight is 418 g/mol. The van der Waals surface area contributed by atoms with E-state index in [0.29, 0.717) is 22.9 Å². The number of hydrogen-bond donors (Lipinski definition) is 0. The van der Waals surface area contributed by atoms with Crippen LogP contribution in [-0.4, -0.2) is 9.97 Å². The van der Waals surface area contributed by atoms with Crippen LogP contribution < -0.4 is 4.74 Å².